The maximum atomic E-state index is 11.8. The van der Waals surface area contributed by atoms with Crippen LogP contribution in [0.5, 0.6) is 0 Å². The van der Waals surface area contributed by atoms with E-state index in [1.165, 1.54) is 6.92 Å². The van der Waals surface area contributed by atoms with E-state index >= 15 is 0 Å². The van der Waals surface area contributed by atoms with Gasteiger partial charge in [0.2, 0.25) is 5.91 Å². The Bertz CT molecular complexity index is 327. The second-order valence-corrected chi connectivity index (χ2v) is 4.98. The van der Waals surface area contributed by atoms with Crippen molar-refractivity contribution in [2.24, 2.45) is 17.6 Å². The van der Waals surface area contributed by atoms with Gasteiger partial charge in [-0.2, -0.15) is 0 Å². The first kappa shape index (κ1) is 15.3. The summed E-state index contributed by atoms with van der Waals surface area (Å²) < 4.78 is 7.94. The highest BCUT2D eigenvalue weighted by atomic mass is 32.1. The molecule has 3 unspecified atom stereocenters. The first-order chi connectivity index (χ1) is 8.42. The highest BCUT2D eigenvalue weighted by Gasteiger charge is 2.44. The number of nitrogens with two attached hydrogens (primary N) is 1. The summed E-state index contributed by atoms with van der Waals surface area (Å²) in [6, 6.07) is -0.368. The van der Waals surface area contributed by atoms with Gasteiger partial charge in [-0.15, -0.1) is 0 Å². The standard InChI is InChI=1S/C11H21N3O3S/c1-5-6(2)9(13-7(3)15)10(11(16)14-18)17-8(5)4-12/h5-6,8-10,18H,4,12H2,1-3H3,(H,13,15)(H,14,16)/t5-,6?,8?,9?,10-/m1/s1. The number of rotatable bonds is 3. The zero-order valence-electron chi connectivity index (χ0n) is 10.8. The monoisotopic (exact) mass is 275 g/mol. The van der Waals surface area contributed by atoms with Gasteiger partial charge in [-0.1, -0.05) is 26.7 Å². The molecule has 1 rings (SSSR count). The number of carbonyl (C=O) groups is 2. The van der Waals surface area contributed by atoms with Crippen molar-refractivity contribution < 1.29 is 14.3 Å². The van der Waals surface area contributed by atoms with E-state index in [-0.39, 0.29) is 35.8 Å². The number of ether oxygens (including phenoxy) is 1. The molecule has 7 heteroatoms. The van der Waals surface area contributed by atoms with Gasteiger partial charge in [-0.05, 0) is 11.8 Å². The molecule has 0 aromatic heterocycles. The predicted molar refractivity (Wildman–Crippen MR) is 70.8 cm³/mol. The molecule has 1 saturated heterocycles. The second-order valence-electron chi connectivity index (χ2n) is 4.75. The Balaban J connectivity index is 2.93. The number of hydrogen-bond donors (Lipinski definition) is 4. The van der Waals surface area contributed by atoms with E-state index in [0.29, 0.717) is 6.54 Å². The molecule has 104 valence electrons. The molecule has 5 atom stereocenters. The molecule has 1 aliphatic rings. The van der Waals surface area contributed by atoms with E-state index < -0.39 is 6.10 Å². The van der Waals surface area contributed by atoms with Crippen LogP contribution in [0, 0.1) is 11.8 Å². The minimum Gasteiger partial charge on any atom is -0.361 e. The largest absolute Gasteiger partial charge is 0.361 e. The molecule has 0 aliphatic carbocycles. The van der Waals surface area contributed by atoms with Crippen molar-refractivity contribution >= 4 is 24.6 Å². The Morgan fingerprint density at radius 3 is 2.39 bits per heavy atom. The molecule has 6 nitrogen and oxygen atoms in total. The van der Waals surface area contributed by atoms with Gasteiger partial charge < -0.3 is 20.5 Å². The fraction of sp³-hybridized carbons (Fsp3) is 0.818. The summed E-state index contributed by atoms with van der Waals surface area (Å²) in [4.78, 5) is 23.0. The molecular weight excluding hydrogens is 254 g/mol. The Hall–Kier alpha value is -0.790. The van der Waals surface area contributed by atoms with E-state index in [4.69, 9.17) is 10.5 Å². The fourth-order valence-corrected chi connectivity index (χ4v) is 2.47. The average molecular weight is 275 g/mol. The van der Waals surface area contributed by atoms with Crippen LogP contribution < -0.4 is 15.8 Å². The van der Waals surface area contributed by atoms with Crippen molar-refractivity contribution in [2.75, 3.05) is 6.54 Å². The van der Waals surface area contributed by atoms with E-state index in [9.17, 15) is 9.59 Å². The van der Waals surface area contributed by atoms with Crippen LogP contribution in [0.1, 0.15) is 20.8 Å². The first-order valence-electron chi connectivity index (χ1n) is 5.99. The van der Waals surface area contributed by atoms with Crippen molar-refractivity contribution in [3.05, 3.63) is 0 Å². The van der Waals surface area contributed by atoms with E-state index in [2.05, 4.69) is 22.9 Å². The van der Waals surface area contributed by atoms with Crippen LogP contribution in [0.3, 0.4) is 0 Å². The number of nitrogens with one attached hydrogen (secondary N) is 2. The number of amides is 2. The summed E-state index contributed by atoms with van der Waals surface area (Å²) in [7, 11) is 0. The molecule has 18 heavy (non-hydrogen) atoms. The van der Waals surface area contributed by atoms with Gasteiger partial charge >= 0.3 is 0 Å². The number of hydrogen-bond acceptors (Lipinski definition) is 5. The molecule has 0 spiro atoms. The molecular formula is C11H21N3O3S. The lowest BCUT2D eigenvalue weighted by molar-refractivity contribution is -0.156. The van der Waals surface area contributed by atoms with Crippen LogP contribution in [0.2, 0.25) is 0 Å². The van der Waals surface area contributed by atoms with Gasteiger partial charge in [-0.25, -0.2) is 0 Å². The number of thiol groups is 1. The number of carbonyl (C=O) groups excluding carboxylic acids is 2. The molecule has 0 saturated carbocycles. The summed E-state index contributed by atoms with van der Waals surface area (Å²) in [5.41, 5.74) is 5.64. The lowest BCUT2D eigenvalue weighted by atomic mass is 9.79. The molecule has 1 heterocycles. The van der Waals surface area contributed by atoms with Gasteiger partial charge in [-0.3, -0.25) is 9.59 Å². The SMILES string of the molecule is CC(=O)NC1C(C)[C@@H](C)C(CN)O[C@H]1C(=O)NS. The summed E-state index contributed by atoms with van der Waals surface area (Å²) in [6.07, 6.45) is -0.952. The summed E-state index contributed by atoms with van der Waals surface area (Å²) in [5, 5.41) is 2.77. The average Bonchev–Trinajstić information content (AvgIpc) is 2.34. The Morgan fingerprint density at radius 1 is 1.33 bits per heavy atom. The van der Waals surface area contributed by atoms with Crippen LogP contribution >= 0.6 is 12.8 Å². The van der Waals surface area contributed by atoms with Crippen LogP contribution in [0.15, 0.2) is 0 Å². The molecule has 2 amide bonds. The summed E-state index contributed by atoms with van der Waals surface area (Å²) in [6.45, 7) is 5.75. The van der Waals surface area contributed by atoms with Crippen molar-refractivity contribution in [1.29, 1.82) is 0 Å². The van der Waals surface area contributed by atoms with Gasteiger partial charge in [0.25, 0.3) is 5.91 Å². The third-order valence-electron chi connectivity index (χ3n) is 3.60. The van der Waals surface area contributed by atoms with Crippen LogP contribution in [0.4, 0.5) is 0 Å². The summed E-state index contributed by atoms with van der Waals surface area (Å²) >= 11 is 3.74. The molecule has 4 N–H and O–H groups in total. The molecule has 0 aromatic rings. The zero-order chi connectivity index (χ0) is 13.9. The van der Waals surface area contributed by atoms with Gasteiger partial charge in [0.05, 0.1) is 12.1 Å². The second kappa shape index (κ2) is 6.40. The van der Waals surface area contributed by atoms with Gasteiger partial charge in [0.1, 0.15) is 0 Å². The Labute approximate surface area is 113 Å². The van der Waals surface area contributed by atoms with Crippen LogP contribution in [-0.2, 0) is 14.3 Å². The zero-order valence-corrected chi connectivity index (χ0v) is 11.7. The van der Waals surface area contributed by atoms with Crippen molar-refractivity contribution in [3.8, 4) is 0 Å². The quantitative estimate of drug-likeness (QED) is 0.520. The van der Waals surface area contributed by atoms with E-state index in [1.54, 1.807) is 0 Å². The van der Waals surface area contributed by atoms with Crippen molar-refractivity contribution in [3.63, 3.8) is 0 Å². The highest BCUT2D eigenvalue weighted by molar-refractivity contribution is 7.78. The lowest BCUT2D eigenvalue weighted by Gasteiger charge is -2.43. The van der Waals surface area contributed by atoms with Crippen LogP contribution in [0.25, 0.3) is 0 Å². The molecule has 1 fully saturated rings. The molecule has 0 radical (unpaired) electrons. The first-order valence-corrected chi connectivity index (χ1v) is 6.43. The molecule has 0 aromatic carbocycles. The normalized spacial score (nSPS) is 35.9. The van der Waals surface area contributed by atoms with E-state index in [1.807, 2.05) is 13.8 Å². The molecule has 0 bridgehead atoms. The smallest absolute Gasteiger partial charge is 0.260 e. The van der Waals surface area contributed by atoms with Crippen LogP contribution in [-0.4, -0.2) is 36.6 Å². The van der Waals surface area contributed by atoms with E-state index in [0.717, 1.165) is 0 Å². The minimum atomic E-state index is -0.758. The van der Waals surface area contributed by atoms with Crippen molar-refractivity contribution in [1.82, 2.24) is 10.0 Å². The maximum absolute atomic E-state index is 11.8. The topological polar surface area (TPSA) is 93.5 Å². The predicted octanol–water partition coefficient (Wildman–Crippen LogP) is -0.550. The molecule has 1 aliphatic heterocycles. The lowest BCUT2D eigenvalue weighted by Crippen LogP contribution is -2.61. The third kappa shape index (κ3) is 3.15. The minimum absolute atomic E-state index is 0.0897. The van der Waals surface area contributed by atoms with Crippen molar-refractivity contribution in [2.45, 2.75) is 39.0 Å². The fourth-order valence-electron chi connectivity index (χ4n) is 2.34. The van der Waals surface area contributed by atoms with Gasteiger partial charge in [0.15, 0.2) is 6.10 Å². The summed E-state index contributed by atoms with van der Waals surface area (Å²) in [5.74, 6) is -0.303. The Morgan fingerprint density at radius 2 is 1.94 bits per heavy atom. The van der Waals surface area contributed by atoms with Gasteiger partial charge in [0, 0.05) is 13.5 Å². The third-order valence-corrected chi connectivity index (χ3v) is 3.82. The maximum Gasteiger partial charge on any atom is 0.260 e. The highest BCUT2D eigenvalue weighted by Crippen LogP contribution is 2.30. The Kier molecular flexibility index (Phi) is 5.43.